The summed E-state index contributed by atoms with van der Waals surface area (Å²) in [5, 5.41) is 5.20. The normalized spacial score (nSPS) is 10.7. The van der Waals surface area contributed by atoms with Crippen molar-refractivity contribution in [3.05, 3.63) is 55.5 Å². The van der Waals surface area contributed by atoms with Crippen LogP contribution in [-0.4, -0.2) is 35.3 Å². The molecule has 3 rings (SSSR count). The molecule has 27 heavy (non-hydrogen) atoms. The fourth-order valence-electron chi connectivity index (χ4n) is 2.43. The maximum Gasteiger partial charge on any atom is 0.264 e. The zero-order valence-corrected chi connectivity index (χ0v) is 18.3. The van der Waals surface area contributed by atoms with Gasteiger partial charge in [0.1, 0.15) is 0 Å². The lowest BCUT2D eigenvalue weighted by molar-refractivity contribution is -0.116. The molecule has 0 radical (unpaired) electrons. The van der Waals surface area contributed by atoms with E-state index in [2.05, 4.69) is 52.2 Å². The number of hydrogen-bond acceptors (Lipinski definition) is 5. The summed E-state index contributed by atoms with van der Waals surface area (Å²) in [5.41, 5.74) is 4.27. The molecule has 0 aliphatic carbocycles. The van der Waals surface area contributed by atoms with Crippen LogP contribution in [0, 0.1) is 13.8 Å². The number of halogens is 1. The molecular formula is C19H18BrN3O2S2. The van der Waals surface area contributed by atoms with E-state index in [0.717, 1.165) is 15.0 Å². The summed E-state index contributed by atoms with van der Waals surface area (Å²) in [6, 6.07) is 9.72. The largest absolute Gasteiger partial charge is 0.332 e. The average Bonchev–Trinajstić information content (AvgIpc) is 3.25. The molecule has 0 atom stereocenters. The Morgan fingerprint density at radius 1 is 1.19 bits per heavy atom. The van der Waals surface area contributed by atoms with Crippen LogP contribution in [0.25, 0.3) is 11.3 Å². The molecule has 140 valence electrons. The van der Waals surface area contributed by atoms with E-state index >= 15 is 0 Å². The molecule has 0 aliphatic heterocycles. The first-order valence-electron chi connectivity index (χ1n) is 8.17. The Morgan fingerprint density at radius 2 is 1.96 bits per heavy atom. The number of hydrogen-bond donors (Lipinski definition) is 1. The van der Waals surface area contributed by atoms with Gasteiger partial charge in [0.2, 0.25) is 5.91 Å². The molecule has 5 nitrogen and oxygen atoms in total. The Kier molecular flexibility index (Phi) is 6.08. The number of thiophene rings is 1. The first-order valence-corrected chi connectivity index (χ1v) is 10.7. The lowest BCUT2D eigenvalue weighted by atomic mass is 10.1. The van der Waals surface area contributed by atoms with Crippen LogP contribution >= 0.6 is 38.6 Å². The topological polar surface area (TPSA) is 62.3 Å². The molecule has 2 aromatic heterocycles. The molecule has 0 saturated carbocycles. The number of carbonyl (C=O) groups is 2. The van der Waals surface area contributed by atoms with Gasteiger partial charge in [-0.1, -0.05) is 12.1 Å². The van der Waals surface area contributed by atoms with Gasteiger partial charge in [0.15, 0.2) is 5.13 Å². The van der Waals surface area contributed by atoms with Crippen LogP contribution in [0.5, 0.6) is 0 Å². The van der Waals surface area contributed by atoms with E-state index in [-0.39, 0.29) is 18.4 Å². The van der Waals surface area contributed by atoms with Crippen molar-refractivity contribution in [2.75, 3.05) is 18.9 Å². The molecule has 0 spiro atoms. The van der Waals surface area contributed by atoms with E-state index in [1.165, 1.54) is 38.7 Å². The Labute approximate surface area is 174 Å². The van der Waals surface area contributed by atoms with Crippen molar-refractivity contribution in [3.63, 3.8) is 0 Å². The van der Waals surface area contributed by atoms with Gasteiger partial charge in [-0.05, 0) is 59.1 Å². The van der Waals surface area contributed by atoms with E-state index in [4.69, 9.17) is 0 Å². The molecule has 0 fully saturated rings. The Morgan fingerprint density at radius 3 is 2.63 bits per heavy atom. The van der Waals surface area contributed by atoms with Crippen LogP contribution in [0.4, 0.5) is 5.13 Å². The second kappa shape index (κ2) is 8.33. The van der Waals surface area contributed by atoms with E-state index in [9.17, 15) is 9.59 Å². The van der Waals surface area contributed by atoms with E-state index in [0.29, 0.717) is 10.0 Å². The molecule has 0 bridgehead atoms. The summed E-state index contributed by atoms with van der Waals surface area (Å²) in [5.74, 6) is -0.460. The predicted molar refractivity (Wildman–Crippen MR) is 115 cm³/mol. The molecular weight excluding hydrogens is 446 g/mol. The number of aromatic nitrogens is 1. The van der Waals surface area contributed by atoms with Crippen LogP contribution in [-0.2, 0) is 4.79 Å². The van der Waals surface area contributed by atoms with Crippen LogP contribution in [0.3, 0.4) is 0 Å². The van der Waals surface area contributed by atoms with Crippen molar-refractivity contribution in [2.45, 2.75) is 13.8 Å². The monoisotopic (exact) mass is 463 g/mol. The molecule has 0 aliphatic rings. The highest BCUT2D eigenvalue weighted by Gasteiger charge is 2.17. The third kappa shape index (κ3) is 4.82. The van der Waals surface area contributed by atoms with Gasteiger partial charge >= 0.3 is 0 Å². The fourth-order valence-corrected chi connectivity index (χ4v) is 4.54. The molecule has 3 aromatic rings. The number of aryl methyl sites for hydroxylation is 2. The second-order valence-corrected chi connectivity index (χ2v) is 9.47. The third-order valence-corrected chi connectivity index (χ3v) is 6.43. The lowest BCUT2D eigenvalue weighted by Crippen LogP contribution is -2.34. The summed E-state index contributed by atoms with van der Waals surface area (Å²) in [6.45, 7) is 4.10. The smallest absolute Gasteiger partial charge is 0.264 e. The number of carbonyl (C=O) groups excluding carboxylic acids is 2. The van der Waals surface area contributed by atoms with Gasteiger partial charge in [0.25, 0.3) is 5.91 Å². The zero-order chi connectivity index (χ0) is 19.6. The highest BCUT2D eigenvalue weighted by Crippen LogP contribution is 2.26. The molecule has 8 heteroatoms. The Balaban J connectivity index is 1.62. The van der Waals surface area contributed by atoms with Crippen LogP contribution in [0.2, 0.25) is 0 Å². The maximum atomic E-state index is 12.3. The average molecular weight is 464 g/mol. The molecule has 1 aromatic carbocycles. The van der Waals surface area contributed by atoms with E-state index < -0.39 is 0 Å². The lowest BCUT2D eigenvalue weighted by Gasteiger charge is -2.15. The number of anilines is 1. The van der Waals surface area contributed by atoms with Crippen LogP contribution < -0.4 is 5.32 Å². The summed E-state index contributed by atoms with van der Waals surface area (Å²) >= 11 is 6.05. The van der Waals surface area contributed by atoms with E-state index in [1.807, 2.05) is 17.5 Å². The minimum atomic E-state index is -0.276. The number of benzene rings is 1. The standard InChI is InChI=1S/C19H18BrN3O2S2/c1-11-4-5-13(8-12(11)2)14-10-26-19(21-14)22-17(24)9-23(3)18(25)15-6-7-16(20)27-15/h4-8,10H,9H2,1-3H3,(H,21,22,24). The highest BCUT2D eigenvalue weighted by atomic mass is 79.9. The van der Waals surface area contributed by atoms with Crippen molar-refractivity contribution >= 4 is 55.5 Å². The van der Waals surface area contributed by atoms with Crippen LogP contribution in [0.1, 0.15) is 20.8 Å². The van der Waals surface area contributed by atoms with Gasteiger partial charge in [-0.15, -0.1) is 22.7 Å². The molecule has 2 amide bonds. The maximum absolute atomic E-state index is 12.3. The highest BCUT2D eigenvalue weighted by molar-refractivity contribution is 9.11. The zero-order valence-electron chi connectivity index (χ0n) is 15.1. The van der Waals surface area contributed by atoms with Crippen molar-refractivity contribution in [2.24, 2.45) is 0 Å². The minimum Gasteiger partial charge on any atom is -0.332 e. The first-order chi connectivity index (χ1) is 12.8. The van der Waals surface area contributed by atoms with Crippen LogP contribution in [0.15, 0.2) is 39.5 Å². The fraction of sp³-hybridized carbons (Fsp3) is 0.211. The summed E-state index contributed by atoms with van der Waals surface area (Å²) in [6.07, 6.45) is 0. The van der Waals surface area contributed by atoms with Gasteiger partial charge in [0, 0.05) is 18.0 Å². The summed E-state index contributed by atoms with van der Waals surface area (Å²) in [4.78, 5) is 31.0. The number of amides is 2. The van der Waals surface area contributed by atoms with E-state index in [1.54, 1.807) is 13.1 Å². The van der Waals surface area contributed by atoms with Gasteiger partial charge in [-0.3, -0.25) is 9.59 Å². The number of likely N-dealkylation sites (N-methyl/N-ethyl adjacent to an activating group) is 1. The van der Waals surface area contributed by atoms with Gasteiger partial charge in [-0.2, -0.15) is 0 Å². The van der Waals surface area contributed by atoms with Crippen molar-refractivity contribution in [1.82, 2.24) is 9.88 Å². The van der Waals surface area contributed by atoms with Crippen molar-refractivity contribution in [1.29, 1.82) is 0 Å². The predicted octanol–water partition coefficient (Wildman–Crippen LogP) is 4.96. The number of nitrogens with zero attached hydrogens (tertiary/aromatic N) is 2. The number of thiazole rings is 1. The van der Waals surface area contributed by atoms with Gasteiger partial charge < -0.3 is 10.2 Å². The number of rotatable bonds is 5. The number of nitrogens with one attached hydrogen (secondary N) is 1. The third-order valence-electron chi connectivity index (χ3n) is 4.06. The molecule has 2 heterocycles. The van der Waals surface area contributed by atoms with Crippen molar-refractivity contribution in [3.8, 4) is 11.3 Å². The first kappa shape index (κ1) is 19.7. The molecule has 0 unspecified atom stereocenters. The van der Waals surface area contributed by atoms with Gasteiger partial charge in [0.05, 0.1) is 20.9 Å². The second-order valence-electron chi connectivity index (χ2n) is 6.15. The van der Waals surface area contributed by atoms with Gasteiger partial charge in [-0.25, -0.2) is 4.98 Å². The Bertz CT molecular complexity index is 997. The Hall–Kier alpha value is -2.03. The minimum absolute atomic E-state index is 0.0348. The summed E-state index contributed by atoms with van der Waals surface area (Å²) in [7, 11) is 1.61. The van der Waals surface area contributed by atoms with Crippen molar-refractivity contribution < 1.29 is 9.59 Å². The summed E-state index contributed by atoms with van der Waals surface area (Å²) < 4.78 is 0.880. The molecule has 1 N–H and O–H groups in total. The molecule has 0 saturated heterocycles. The quantitative estimate of drug-likeness (QED) is 0.581. The SMILES string of the molecule is Cc1ccc(-c2csc(NC(=O)CN(C)C(=O)c3ccc(Br)s3)n2)cc1C.